The standard InChI is InChI=1S/C18H26N2O17P2/c1-2-5-32-6-8-11(22)13(24)15(26)17(35-8)36-39(30,31)37-38(28,29)33-7-9-12(23)14(25)16(34-9)20-4-3-10(21)19-18(20)27/h1,3-4,8-9,11-17,22-26H,5-7H2,(H,28,29)(H,30,31)(H,19,21,27)/p-1/t8?,9-,11+,12+,13+,14?,15?,16-,17+/m1/s1. The third-order valence-corrected chi connectivity index (χ3v) is 8.00. The summed E-state index contributed by atoms with van der Waals surface area (Å²) in [7, 11) is -11.4. The maximum Gasteiger partial charge on any atom is 0.478 e. The summed E-state index contributed by atoms with van der Waals surface area (Å²) in [5, 5.41) is 50.2. The van der Waals surface area contributed by atoms with E-state index in [1.807, 2.05) is 4.98 Å². The molecule has 5 unspecified atom stereocenters. The molecule has 0 radical (unpaired) electrons. The summed E-state index contributed by atoms with van der Waals surface area (Å²) in [6, 6.07) is 0.925. The van der Waals surface area contributed by atoms with E-state index < -0.39 is 95.4 Å². The maximum absolute atomic E-state index is 12.2. The molecule has 0 bridgehead atoms. The summed E-state index contributed by atoms with van der Waals surface area (Å²) >= 11 is 0. The smallest absolute Gasteiger partial charge is 0.478 e. The van der Waals surface area contributed by atoms with E-state index in [-0.39, 0.29) is 6.61 Å². The van der Waals surface area contributed by atoms with E-state index in [1.165, 1.54) is 0 Å². The van der Waals surface area contributed by atoms with Crippen LogP contribution in [0.4, 0.5) is 0 Å². The van der Waals surface area contributed by atoms with Gasteiger partial charge in [-0.1, -0.05) is 5.92 Å². The van der Waals surface area contributed by atoms with E-state index in [0.717, 1.165) is 16.8 Å². The number of ether oxygens (including phenoxy) is 3. The molecule has 2 aliphatic heterocycles. The number of H-pyrrole nitrogens is 1. The predicted molar refractivity (Wildman–Crippen MR) is 119 cm³/mol. The molecule has 1 aromatic heterocycles. The highest BCUT2D eigenvalue weighted by molar-refractivity contribution is 7.60. The van der Waals surface area contributed by atoms with Crippen LogP contribution in [-0.2, 0) is 36.7 Å². The molecule has 39 heavy (non-hydrogen) atoms. The number of nitrogens with zero attached hydrogens (tertiary/aromatic N) is 1. The molecule has 21 heteroatoms. The summed E-state index contributed by atoms with van der Waals surface area (Å²) < 4.78 is 53.4. The van der Waals surface area contributed by atoms with Gasteiger partial charge in [0.25, 0.3) is 13.4 Å². The van der Waals surface area contributed by atoms with Crippen molar-refractivity contribution in [1.29, 1.82) is 0 Å². The first kappa shape index (κ1) is 31.7. The Kier molecular flexibility index (Phi) is 10.4. The monoisotopic (exact) mass is 603 g/mol. The second-order valence-corrected chi connectivity index (χ2v) is 11.1. The van der Waals surface area contributed by atoms with E-state index in [0.29, 0.717) is 0 Å². The zero-order valence-corrected chi connectivity index (χ0v) is 21.4. The molecule has 2 saturated heterocycles. The molecule has 11 atom stereocenters. The first-order chi connectivity index (χ1) is 18.2. The van der Waals surface area contributed by atoms with E-state index >= 15 is 0 Å². The number of rotatable bonds is 11. The van der Waals surface area contributed by atoms with Gasteiger partial charge in [0, 0.05) is 12.3 Å². The average Bonchev–Trinajstić information content (AvgIpc) is 3.12. The number of nitrogens with one attached hydrogen (secondary N) is 1. The Balaban J connectivity index is 1.60. The largest absolute Gasteiger partial charge is 0.756 e. The van der Waals surface area contributed by atoms with Crippen molar-refractivity contribution in [3.05, 3.63) is 33.1 Å². The fourth-order valence-corrected chi connectivity index (χ4v) is 5.68. The van der Waals surface area contributed by atoms with Gasteiger partial charge in [0.05, 0.1) is 13.2 Å². The molecule has 0 aromatic carbocycles. The van der Waals surface area contributed by atoms with E-state index in [2.05, 4.69) is 19.3 Å². The number of aliphatic hydroxyl groups excluding tert-OH is 5. The van der Waals surface area contributed by atoms with Crippen LogP contribution >= 0.6 is 15.6 Å². The van der Waals surface area contributed by atoms with Crippen molar-refractivity contribution < 1.29 is 72.0 Å². The van der Waals surface area contributed by atoms with Crippen LogP contribution in [0.15, 0.2) is 21.9 Å². The fraction of sp³-hybridized carbons (Fsp3) is 0.667. The highest BCUT2D eigenvalue weighted by Gasteiger charge is 2.48. The molecule has 2 fully saturated rings. The number of phosphoric ester groups is 2. The third-order valence-electron chi connectivity index (χ3n) is 5.44. The van der Waals surface area contributed by atoms with E-state index in [1.54, 1.807) is 0 Å². The summed E-state index contributed by atoms with van der Waals surface area (Å²) in [6.07, 6.45) is -10.3. The quantitative estimate of drug-likeness (QED) is 0.0709. The second kappa shape index (κ2) is 12.8. The highest BCUT2D eigenvalue weighted by atomic mass is 31.3. The van der Waals surface area contributed by atoms with Gasteiger partial charge < -0.3 is 49.5 Å². The Morgan fingerprint density at radius 3 is 2.31 bits per heavy atom. The molecule has 0 spiro atoms. The highest BCUT2D eigenvalue weighted by Crippen LogP contribution is 2.59. The normalized spacial score (nSPS) is 36.1. The van der Waals surface area contributed by atoms with Gasteiger partial charge in [0.15, 0.2) is 12.5 Å². The van der Waals surface area contributed by atoms with Crippen LogP contribution in [0.5, 0.6) is 0 Å². The molecular weight excluding hydrogens is 578 g/mol. The van der Waals surface area contributed by atoms with Gasteiger partial charge in [-0.2, -0.15) is 0 Å². The lowest BCUT2D eigenvalue weighted by Gasteiger charge is -2.41. The molecule has 3 rings (SSSR count). The van der Waals surface area contributed by atoms with Gasteiger partial charge in [-0.25, -0.2) is 13.7 Å². The van der Waals surface area contributed by atoms with Crippen molar-refractivity contribution in [2.24, 2.45) is 0 Å². The summed E-state index contributed by atoms with van der Waals surface area (Å²) in [5.74, 6) is 2.11. The number of hydrogen-bond acceptors (Lipinski definition) is 16. The van der Waals surface area contributed by atoms with Crippen molar-refractivity contribution >= 4 is 15.6 Å². The van der Waals surface area contributed by atoms with Crippen molar-refractivity contribution in [3.63, 3.8) is 0 Å². The fourth-order valence-electron chi connectivity index (χ4n) is 3.56. The molecule has 2 aliphatic rings. The Hall–Kier alpha value is -1.82. The maximum atomic E-state index is 12.2. The van der Waals surface area contributed by atoms with Gasteiger partial charge in [0.1, 0.15) is 49.3 Å². The number of aliphatic hydroxyl groups is 5. The lowest BCUT2D eigenvalue weighted by Crippen LogP contribution is -2.59. The molecule has 3 heterocycles. The molecule has 0 amide bonds. The van der Waals surface area contributed by atoms with Crippen molar-refractivity contribution in [2.45, 2.75) is 55.2 Å². The van der Waals surface area contributed by atoms with Gasteiger partial charge in [-0.15, -0.1) is 6.42 Å². The lowest BCUT2D eigenvalue weighted by molar-refractivity contribution is -0.303. The van der Waals surface area contributed by atoms with Crippen LogP contribution in [0, 0.1) is 12.3 Å². The molecular formula is C18H25N2O17P2-. The van der Waals surface area contributed by atoms with Crippen LogP contribution in [0.25, 0.3) is 0 Å². The molecule has 19 nitrogen and oxygen atoms in total. The predicted octanol–water partition coefficient (Wildman–Crippen LogP) is -4.77. The minimum atomic E-state index is -5.86. The first-order valence-corrected chi connectivity index (χ1v) is 13.8. The average molecular weight is 603 g/mol. The molecule has 7 N–H and O–H groups in total. The Morgan fingerprint density at radius 1 is 1.03 bits per heavy atom. The van der Waals surface area contributed by atoms with Crippen molar-refractivity contribution in [2.75, 3.05) is 19.8 Å². The van der Waals surface area contributed by atoms with Gasteiger partial charge in [-0.3, -0.25) is 28.0 Å². The lowest BCUT2D eigenvalue weighted by atomic mass is 9.99. The van der Waals surface area contributed by atoms with Crippen LogP contribution in [0.2, 0.25) is 0 Å². The van der Waals surface area contributed by atoms with E-state index in [4.69, 9.17) is 20.6 Å². The third kappa shape index (κ3) is 7.89. The minimum absolute atomic E-state index is 0.232. The van der Waals surface area contributed by atoms with Crippen LogP contribution in [0.3, 0.4) is 0 Å². The number of phosphoric acid groups is 2. The number of aromatic nitrogens is 2. The van der Waals surface area contributed by atoms with Gasteiger partial charge in [-0.05, 0) is 0 Å². The second-order valence-electron chi connectivity index (χ2n) is 8.20. The SMILES string of the molecule is C#CCOCC1O[C@@H](OP(=O)([O-])OP(=O)(O)OC[C@H]2O[C@@H](n3ccc(=O)[nH]c3=O)C(O)[C@H]2O)C(O)[C@@H](O)[C@H]1O. The molecule has 0 aliphatic carbocycles. The molecule has 1 aromatic rings. The van der Waals surface area contributed by atoms with Crippen LogP contribution < -0.4 is 16.1 Å². The Morgan fingerprint density at radius 2 is 1.67 bits per heavy atom. The zero-order valence-electron chi connectivity index (χ0n) is 19.6. The number of aromatic amines is 1. The minimum Gasteiger partial charge on any atom is -0.756 e. The van der Waals surface area contributed by atoms with Crippen LogP contribution in [-0.4, -0.2) is 109 Å². The molecule has 220 valence electrons. The first-order valence-electron chi connectivity index (χ1n) is 10.9. The van der Waals surface area contributed by atoms with Crippen LogP contribution in [0.1, 0.15) is 6.23 Å². The van der Waals surface area contributed by atoms with Gasteiger partial charge in [0.2, 0.25) is 0 Å². The molecule has 0 saturated carbocycles. The van der Waals surface area contributed by atoms with Crippen molar-refractivity contribution in [1.82, 2.24) is 9.55 Å². The summed E-state index contributed by atoms with van der Waals surface area (Å²) in [4.78, 5) is 47.1. The topological polar surface area (TPSA) is 289 Å². The number of hydrogen-bond donors (Lipinski definition) is 7. The zero-order chi connectivity index (χ0) is 29.1. The number of terminal acetylenes is 1. The van der Waals surface area contributed by atoms with Gasteiger partial charge >= 0.3 is 13.5 Å². The Labute approximate surface area is 218 Å². The van der Waals surface area contributed by atoms with E-state index in [9.17, 15) is 54.0 Å². The summed E-state index contributed by atoms with van der Waals surface area (Å²) in [5.41, 5.74) is -1.76. The van der Waals surface area contributed by atoms with Crippen molar-refractivity contribution in [3.8, 4) is 12.3 Å². The Bertz CT molecular complexity index is 1250. The summed E-state index contributed by atoms with van der Waals surface area (Å²) in [6.45, 7) is -1.74.